The number of benzene rings is 1. The average molecular weight is 387 g/mol. The quantitative estimate of drug-likeness (QED) is 0.697. The minimum atomic E-state index is -1.18. The zero-order chi connectivity index (χ0) is 19.9. The minimum Gasteiger partial charge on any atom is -0.493 e. The Labute approximate surface area is 157 Å². The van der Waals surface area contributed by atoms with Crippen molar-refractivity contribution >= 4 is 29.5 Å². The van der Waals surface area contributed by atoms with Crippen molar-refractivity contribution in [1.82, 2.24) is 10.6 Å². The third kappa shape index (κ3) is 6.11. The molecule has 9 heteroatoms. The van der Waals surface area contributed by atoms with Crippen LogP contribution in [0.3, 0.4) is 0 Å². The zero-order valence-corrected chi connectivity index (χ0v) is 16.1. The second kappa shape index (κ2) is 9.86. The van der Waals surface area contributed by atoms with Crippen LogP contribution in [0.1, 0.15) is 31.1 Å². The number of rotatable bonds is 7. The van der Waals surface area contributed by atoms with E-state index >= 15 is 0 Å². The van der Waals surface area contributed by atoms with Gasteiger partial charge < -0.3 is 19.5 Å². The fourth-order valence-corrected chi connectivity index (χ4v) is 2.05. The molecule has 1 aromatic carbocycles. The Bertz CT molecular complexity index is 677. The molecule has 8 nitrogen and oxygen atoms in total. The van der Waals surface area contributed by atoms with E-state index in [9.17, 15) is 14.4 Å². The SMILES string of the molecule is CNC(=O)NC(=O)[C@H](C)OC(=O)c1cc(Cl)c(OCC(C)C)c(OC)c1. The Morgan fingerprint density at radius 3 is 2.38 bits per heavy atom. The highest BCUT2D eigenvalue weighted by Crippen LogP contribution is 2.37. The van der Waals surface area contributed by atoms with Crippen LogP contribution in [0.4, 0.5) is 4.79 Å². The predicted octanol–water partition coefficient (Wildman–Crippen LogP) is 2.38. The molecule has 0 bridgehead atoms. The number of hydrogen-bond donors (Lipinski definition) is 2. The van der Waals surface area contributed by atoms with Crippen molar-refractivity contribution in [2.24, 2.45) is 5.92 Å². The van der Waals surface area contributed by atoms with Crippen LogP contribution in [0.25, 0.3) is 0 Å². The lowest BCUT2D eigenvalue weighted by atomic mass is 10.2. The van der Waals surface area contributed by atoms with Gasteiger partial charge in [-0.05, 0) is 25.0 Å². The van der Waals surface area contributed by atoms with Gasteiger partial charge in [0.1, 0.15) is 0 Å². The smallest absolute Gasteiger partial charge is 0.339 e. The minimum absolute atomic E-state index is 0.0864. The summed E-state index contributed by atoms with van der Waals surface area (Å²) < 4.78 is 15.9. The van der Waals surface area contributed by atoms with Gasteiger partial charge in [-0.15, -0.1) is 0 Å². The van der Waals surface area contributed by atoms with E-state index < -0.39 is 24.0 Å². The van der Waals surface area contributed by atoms with Crippen LogP contribution in [0.15, 0.2) is 12.1 Å². The van der Waals surface area contributed by atoms with Crippen molar-refractivity contribution in [2.45, 2.75) is 26.9 Å². The Hall–Kier alpha value is -2.48. The molecule has 0 heterocycles. The van der Waals surface area contributed by atoms with Gasteiger partial charge in [0.15, 0.2) is 17.6 Å². The monoisotopic (exact) mass is 386 g/mol. The lowest BCUT2D eigenvalue weighted by molar-refractivity contribution is -0.127. The maximum Gasteiger partial charge on any atom is 0.339 e. The maximum absolute atomic E-state index is 12.3. The summed E-state index contributed by atoms with van der Waals surface area (Å²) in [6, 6.07) is 2.08. The standard InChI is InChI=1S/C17H23ClN2O6/c1-9(2)8-25-14-12(18)6-11(7-13(14)24-5)16(22)26-10(3)15(21)20-17(23)19-4/h6-7,9-10H,8H2,1-5H3,(H2,19,20,21,23)/t10-/m0/s1. The Morgan fingerprint density at radius 1 is 1.19 bits per heavy atom. The molecular weight excluding hydrogens is 364 g/mol. The number of carbonyl (C=O) groups is 3. The topological polar surface area (TPSA) is 103 Å². The van der Waals surface area contributed by atoms with Crippen molar-refractivity contribution in [1.29, 1.82) is 0 Å². The Morgan fingerprint density at radius 2 is 1.85 bits per heavy atom. The number of esters is 1. The number of halogens is 1. The highest BCUT2D eigenvalue weighted by molar-refractivity contribution is 6.32. The van der Waals surface area contributed by atoms with E-state index in [0.29, 0.717) is 12.4 Å². The third-order valence-electron chi connectivity index (χ3n) is 3.14. The molecule has 0 aliphatic rings. The highest BCUT2D eigenvalue weighted by Gasteiger charge is 2.23. The predicted molar refractivity (Wildman–Crippen MR) is 95.8 cm³/mol. The normalized spacial score (nSPS) is 11.5. The van der Waals surface area contributed by atoms with Gasteiger partial charge in [-0.25, -0.2) is 9.59 Å². The molecule has 0 spiro atoms. The van der Waals surface area contributed by atoms with Crippen LogP contribution in [-0.2, 0) is 9.53 Å². The molecular formula is C17H23ClN2O6. The van der Waals surface area contributed by atoms with E-state index in [4.69, 9.17) is 25.8 Å². The summed E-state index contributed by atoms with van der Waals surface area (Å²) in [5.41, 5.74) is 0.0864. The zero-order valence-electron chi connectivity index (χ0n) is 15.3. The van der Waals surface area contributed by atoms with Crippen molar-refractivity contribution in [3.63, 3.8) is 0 Å². The molecule has 26 heavy (non-hydrogen) atoms. The van der Waals surface area contributed by atoms with E-state index in [1.807, 2.05) is 19.2 Å². The Balaban J connectivity index is 2.91. The number of carbonyl (C=O) groups excluding carboxylic acids is 3. The fraction of sp³-hybridized carbons (Fsp3) is 0.471. The number of urea groups is 1. The number of imide groups is 1. The molecule has 0 saturated carbocycles. The maximum atomic E-state index is 12.3. The molecule has 0 aliphatic heterocycles. The first-order valence-electron chi connectivity index (χ1n) is 7.93. The van der Waals surface area contributed by atoms with Gasteiger partial charge in [0.25, 0.3) is 5.91 Å². The third-order valence-corrected chi connectivity index (χ3v) is 3.42. The molecule has 0 unspecified atom stereocenters. The molecule has 1 rings (SSSR count). The second-order valence-corrected chi connectivity index (χ2v) is 6.22. The van der Waals surface area contributed by atoms with Crippen molar-refractivity contribution in [2.75, 3.05) is 20.8 Å². The number of methoxy groups -OCH3 is 1. The molecule has 1 atom stereocenters. The molecule has 0 radical (unpaired) electrons. The van der Waals surface area contributed by atoms with Crippen LogP contribution in [0.5, 0.6) is 11.5 Å². The molecule has 3 amide bonds. The molecule has 0 fully saturated rings. The number of amides is 3. The molecule has 1 aromatic rings. The first-order chi connectivity index (χ1) is 12.2. The van der Waals surface area contributed by atoms with E-state index in [1.54, 1.807) is 0 Å². The van der Waals surface area contributed by atoms with Gasteiger partial charge in [-0.1, -0.05) is 25.4 Å². The lowest BCUT2D eigenvalue weighted by Gasteiger charge is -2.16. The Kier molecular flexibility index (Phi) is 8.18. The van der Waals surface area contributed by atoms with E-state index in [1.165, 1.54) is 33.2 Å². The summed E-state index contributed by atoms with van der Waals surface area (Å²) in [4.78, 5) is 35.1. The largest absolute Gasteiger partial charge is 0.493 e. The molecule has 2 N–H and O–H groups in total. The average Bonchev–Trinajstić information content (AvgIpc) is 2.59. The molecule has 0 aliphatic carbocycles. The molecule has 0 aromatic heterocycles. The van der Waals surface area contributed by atoms with Crippen molar-refractivity contribution < 1.29 is 28.6 Å². The molecule has 0 saturated heterocycles. The summed E-state index contributed by atoms with van der Waals surface area (Å²) in [5, 5.41) is 4.42. The van der Waals surface area contributed by atoms with Gasteiger partial charge >= 0.3 is 12.0 Å². The van der Waals surface area contributed by atoms with Crippen LogP contribution in [0, 0.1) is 5.92 Å². The lowest BCUT2D eigenvalue weighted by Crippen LogP contribution is -2.43. The number of nitrogens with one attached hydrogen (secondary N) is 2. The van der Waals surface area contributed by atoms with Gasteiger partial charge in [0.05, 0.1) is 24.3 Å². The van der Waals surface area contributed by atoms with E-state index in [2.05, 4.69) is 5.32 Å². The summed E-state index contributed by atoms with van der Waals surface area (Å²) in [6.07, 6.45) is -1.18. The fourth-order valence-electron chi connectivity index (χ4n) is 1.79. The summed E-state index contributed by atoms with van der Waals surface area (Å²) in [7, 11) is 2.78. The summed E-state index contributed by atoms with van der Waals surface area (Å²) >= 11 is 6.18. The summed E-state index contributed by atoms with van der Waals surface area (Å²) in [5.74, 6) is -0.676. The van der Waals surface area contributed by atoms with Crippen LogP contribution >= 0.6 is 11.6 Å². The van der Waals surface area contributed by atoms with Crippen LogP contribution in [0.2, 0.25) is 5.02 Å². The van der Waals surface area contributed by atoms with Gasteiger partial charge in [0.2, 0.25) is 0 Å². The van der Waals surface area contributed by atoms with Crippen LogP contribution in [-0.4, -0.2) is 44.8 Å². The number of hydrogen-bond acceptors (Lipinski definition) is 6. The van der Waals surface area contributed by atoms with Crippen LogP contribution < -0.4 is 20.1 Å². The van der Waals surface area contributed by atoms with E-state index in [-0.39, 0.29) is 22.3 Å². The van der Waals surface area contributed by atoms with Crippen molar-refractivity contribution in [3.05, 3.63) is 22.7 Å². The highest BCUT2D eigenvalue weighted by atomic mass is 35.5. The van der Waals surface area contributed by atoms with Gasteiger partial charge in [0, 0.05) is 7.05 Å². The molecule has 144 valence electrons. The summed E-state index contributed by atoms with van der Waals surface area (Å²) in [6.45, 7) is 5.74. The first kappa shape index (κ1) is 21.6. The van der Waals surface area contributed by atoms with Gasteiger partial charge in [-0.2, -0.15) is 0 Å². The van der Waals surface area contributed by atoms with Gasteiger partial charge in [-0.3, -0.25) is 10.1 Å². The first-order valence-corrected chi connectivity index (χ1v) is 8.31. The second-order valence-electron chi connectivity index (χ2n) is 5.81. The number of ether oxygens (including phenoxy) is 3. The van der Waals surface area contributed by atoms with Crippen molar-refractivity contribution in [3.8, 4) is 11.5 Å². The van der Waals surface area contributed by atoms with E-state index in [0.717, 1.165) is 0 Å².